The van der Waals surface area contributed by atoms with Crippen LogP contribution in [0.25, 0.3) is 0 Å². The Labute approximate surface area is 175 Å². The van der Waals surface area contributed by atoms with Crippen molar-refractivity contribution in [2.45, 2.75) is 58.0 Å². The number of benzene rings is 1. The third kappa shape index (κ3) is 5.71. The lowest BCUT2D eigenvalue weighted by Crippen LogP contribution is -2.38. The number of carboxylic acids is 1. The van der Waals surface area contributed by atoms with E-state index in [0.717, 1.165) is 49.1 Å². The summed E-state index contributed by atoms with van der Waals surface area (Å²) in [4.78, 5) is 39.9. The highest BCUT2D eigenvalue weighted by molar-refractivity contribution is 6.08. The summed E-state index contributed by atoms with van der Waals surface area (Å²) in [7, 11) is 0. The van der Waals surface area contributed by atoms with E-state index >= 15 is 0 Å². The van der Waals surface area contributed by atoms with Gasteiger partial charge < -0.3 is 19.5 Å². The number of hydrogen-bond donors (Lipinski definition) is 2. The summed E-state index contributed by atoms with van der Waals surface area (Å²) < 4.78 is 10.7. The number of esters is 1. The summed E-state index contributed by atoms with van der Waals surface area (Å²) in [6.45, 7) is 2.91. The number of unbranched alkanes of at least 4 members (excludes halogenated alkanes) is 4. The van der Waals surface area contributed by atoms with E-state index in [9.17, 15) is 14.4 Å². The second-order valence-corrected chi connectivity index (χ2v) is 7.41. The number of aliphatic carboxylic acids is 1. The van der Waals surface area contributed by atoms with Crippen molar-refractivity contribution in [3.05, 3.63) is 23.8 Å². The highest BCUT2D eigenvalue weighted by atomic mass is 16.5. The average Bonchev–Trinajstić information content (AvgIpc) is 2.98. The molecule has 2 N–H and O–H groups in total. The number of carbonyl (C=O) groups excluding carboxylic acids is 2. The molecule has 0 bridgehead atoms. The number of rotatable bonds is 11. The molecule has 0 spiro atoms. The first kappa shape index (κ1) is 21.6. The first-order valence-corrected chi connectivity index (χ1v) is 10.2. The number of fused-ring (bicyclic) bond motifs is 2. The minimum Gasteiger partial charge on any atom is -0.494 e. The Morgan fingerprint density at radius 3 is 2.67 bits per heavy atom. The van der Waals surface area contributed by atoms with Gasteiger partial charge in [-0.25, -0.2) is 4.99 Å². The molecule has 0 aliphatic carbocycles. The summed E-state index contributed by atoms with van der Waals surface area (Å²) >= 11 is 0. The minimum atomic E-state index is -1.02. The van der Waals surface area contributed by atoms with Crippen molar-refractivity contribution in [3.8, 4) is 5.75 Å². The maximum absolute atomic E-state index is 12.1. The van der Waals surface area contributed by atoms with Crippen LogP contribution in [0.1, 0.15) is 51.0 Å². The van der Waals surface area contributed by atoms with Crippen LogP contribution in [0.5, 0.6) is 5.75 Å². The van der Waals surface area contributed by atoms with Crippen LogP contribution >= 0.6 is 0 Å². The molecular formula is C21H27N3O6. The summed E-state index contributed by atoms with van der Waals surface area (Å²) in [5, 5.41) is 11.7. The van der Waals surface area contributed by atoms with Crippen LogP contribution < -0.4 is 10.1 Å². The van der Waals surface area contributed by atoms with E-state index in [4.69, 9.17) is 14.6 Å². The topological polar surface area (TPSA) is 118 Å². The van der Waals surface area contributed by atoms with Crippen LogP contribution in [-0.4, -0.2) is 53.1 Å². The lowest BCUT2D eigenvalue weighted by atomic mass is 10.1. The van der Waals surface area contributed by atoms with E-state index in [0.29, 0.717) is 25.7 Å². The molecule has 0 aromatic heterocycles. The monoisotopic (exact) mass is 417 g/mol. The fourth-order valence-electron chi connectivity index (χ4n) is 3.53. The fourth-order valence-corrected chi connectivity index (χ4v) is 3.53. The highest BCUT2D eigenvalue weighted by Crippen LogP contribution is 2.32. The van der Waals surface area contributed by atoms with Gasteiger partial charge in [-0.3, -0.25) is 19.7 Å². The Bertz CT molecular complexity index is 838. The van der Waals surface area contributed by atoms with Gasteiger partial charge in [-0.15, -0.1) is 0 Å². The number of guanidine groups is 1. The van der Waals surface area contributed by atoms with Crippen molar-refractivity contribution in [1.82, 2.24) is 10.2 Å². The molecule has 1 fully saturated rings. The van der Waals surface area contributed by atoms with Crippen LogP contribution in [0.4, 0.5) is 5.69 Å². The molecule has 1 atom stereocenters. The zero-order chi connectivity index (χ0) is 21.5. The molecule has 2 heterocycles. The molecule has 3 rings (SSSR count). The molecule has 0 saturated carbocycles. The van der Waals surface area contributed by atoms with Crippen LogP contribution in [0.15, 0.2) is 23.2 Å². The first-order chi connectivity index (χ1) is 14.4. The molecule has 1 aromatic carbocycles. The standard InChI is InChI=1S/C21H27N3O6/c1-14(25)29-9-5-3-2-4-6-10-30-16-7-8-17-15(11-16)13-24-18(12-19(26)27)20(28)23-21(24)22-17/h7-8,11,18H,2-6,9-10,12-13H2,1H3,(H,26,27)(H,22,23,28). The quantitative estimate of drug-likeness (QED) is 0.419. The summed E-state index contributed by atoms with van der Waals surface area (Å²) in [6.07, 6.45) is 4.66. The highest BCUT2D eigenvalue weighted by Gasteiger charge is 2.40. The second-order valence-electron chi connectivity index (χ2n) is 7.41. The SMILES string of the molecule is CC(=O)OCCCCCCCOc1ccc2c(c1)CN1C(=N2)NC(=O)C1CC(=O)O. The van der Waals surface area contributed by atoms with Gasteiger partial charge in [0.2, 0.25) is 11.9 Å². The molecule has 162 valence electrons. The normalized spacial score (nSPS) is 17.0. The van der Waals surface area contributed by atoms with Gasteiger partial charge in [0.05, 0.1) is 25.3 Å². The van der Waals surface area contributed by atoms with Gasteiger partial charge in [0.15, 0.2) is 0 Å². The van der Waals surface area contributed by atoms with Crippen LogP contribution in [0, 0.1) is 0 Å². The van der Waals surface area contributed by atoms with Crippen LogP contribution in [-0.2, 0) is 25.7 Å². The van der Waals surface area contributed by atoms with Gasteiger partial charge in [0.25, 0.3) is 0 Å². The maximum Gasteiger partial charge on any atom is 0.305 e. The number of carbonyl (C=O) groups is 3. The van der Waals surface area contributed by atoms with Gasteiger partial charge >= 0.3 is 11.9 Å². The smallest absolute Gasteiger partial charge is 0.305 e. The number of hydrogen-bond acceptors (Lipinski definition) is 7. The third-order valence-corrected chi connectivity index (χ3v) is 5.03. The molecule has 9 nitrogen and oxygen atoms in total. The Hall–Kier alpha value is -3.10. The van der Waals surface area contributed by atoms with E-state index in [2.05, 4.69) is 10.3 Å². The predicted octanol–water partition coefficient (Wildman–Crippen LogP) is 2.36. The molecule has 0 radical (unpaired) electrons. The average molecular weight is 417 g/mol. The predicted molar refractivity (Wildman–Crippen MR) is 108 cm³/mol. The van der Waals surface area contributed by atoms with Gasteiger partial charge in [-0.1, -0.05) is 19.3 Å². The van der Waals surface area contributed by atoms with E-state index in [1.807, 2.05) is 18.2 Å². The first-order valence-electron chi connectivity index (χ1n) is 10.2. The van der Waals surface area contributed by atoms with Gasteiger partial charge in [0, 0.05) is 19.0 Å². The van der Waals surface area contributed by atoms with E-state index in [1.165, 1.54) is 6.92 Å². The molecule has 2 aliphatic heterocycles. The van der Waals surface area contributed by atoms with Crippen molar-refractivity contribution in [3.63, 3.8) is 0 Å². The number of nitrogens with zero attached hydrogens (tertiary/aromatic N) is 2. The zero-order valence-corrected chi connectivity index (χ0v) is 17.1. The Morgan fingerprint density at radius 1 is 1.20 bits per heavy atom. The lowest BCUT2D eigenvalue weighted by molar-refractivity contribution is -0.141. The second kappa shape index (κ2) is 10.1. The van der Waals surface area contributed by atoms with E-state index in [1.54, 1.807) is 4.90 Å². The van der Waals surface area contributed by atoms with Crippen LogP contribution in [0.3, 0.4) is 0 Å². The number of carboxylic acid groups (broad SMARTS) is 1. The summed E-state index contributed by atoms with van der Waals surface area (Å²) in [6, 6.07) is 4.85. The molecule has 1 aromatic rings. The molecular weight excluding hydrogens is 390 g/mol. The van der Waals surface area contributed by atoms with Crippen molar-refractivity contribution in [1.29, 1.82) is 0 Å². The molecule has 1 saturated heterocycles. The Balaban J connectivity index is 1.44. The summed E-state index contributed by atoms with van der Waals surface area (Å²) in [5.74, 6) is -0.462. The maximum atomic E-state index is 12.1. The van der Waals surface area contributed by atoms with Gasteiger partial charge in [0.1, 0.15) is 11.8 Å². The number of amides is 1. The number of nitrogens with one attached hydrogen (secondary N) is 1. The fraction of sp³-hybridized carbons (Fsp3) is 0.524. The number of ether oxygens (including phenoxy) is 2. The largest absolute Gasteiger partial charge is 0.494 e. The van der Waals surface area contributed by atoms with Crippen LogP contribution in [0.2, 0.25) is 0 Å². The lowest BCUT2D eigenvalue weighted by Gasteiger charge is -2.27. The van der Waals surface area contributed by atoms with E-state index < -0.39 is 12.0 Å². The third-order valence-electron chi connectivity index (χ3n) is 5.03. The zero-order valence-electron chi connectivity index (χ0n) is 17.1. The van der Waals surface area contributed by atoms with E-state index in [-0.39, 0.29) is 18.3 Å². The molecule has 9 heteroatoms. The molecule has 30 heavy (non-hydrogen) atoms. The number of aliphatic imine (C=N–C) groups is 1. The molecule has 1 amide bonds. The molecule has 2 aliphatic rings. The van der Waals surface area contributed by atoms with Crippen molar-refractivity contribution in [2.75, 3.05) is 13.2 Å². The molecule has 1 unspecified atom stereocenters. The van der Waals surface area contributed by atoms with Crippen molar-refractivity contribution in [2.24, 2.45) is 4.99 Å². The van der Waals surface area contributed by atoms with Gasteiger partial charge in [-0.2, -0.15) is 0 Å². The minimum absolute atomic E-state index is 0.236. The summed E-state index contributed by atoms with van der Waals surface area (Å²) in [5.41, 5.74) is 1.64. The Morgan fingerprint density at radius 2 is 1.93 bits per heavy atom. The Kier molecular flexibility index (Phi) is 7.26. The van der Waals surface area contributed by atoms with Crippen molar-refractivity contribution < 1.29 is 29.0 Å². The van der Waals surface area contributed by atoms with Crippen molar-refractivity contribution >= 4 is 29.5 Å². The van der Waals surface area contributed by atoms with Gasteiger partial charge in [-0.05, 0) is 31.0 Å².